The summed E-state index contributed by atoms with van der Waals surface area (Å²) in [6, 6.07) is 7.15. The lowest BCUT2D eigenvalue weighted by Gasteiger charge is -2.08. The molecule has 1 aromatic carbocycles. The van der Waals surface area contributed by atoms with Crippen LogP contribution >= 0.6 is 62.1 Å². The minimum Gasteiger partial charge on any atom is -0.486 e. The molecule has 0 amide bonds. The molecule has 90 valence electrons. The number of benzene rings is 1. The summed E-state index contributed by atoms with van der Waals surface area (Å²) in [7, 11) is 0. The Morgan fingerprint density at radius 2 is 1.76 bits per heavy atom. The van der Waals surface area contributed by atoms with Crippen LogP contribution < -0.4 is 4.74 Å². The highest BCUT2D eigenvalue weighted by Gasteiger charge is 2.08. The Kier molecular flexibility index (Phi) is 4.61. The number of halogens is 4. The predicted octanol–water partition coefficient (Wildman–Crippen LogP) is 6.05. The van der Waals surface area contributed by atoms with Crippen LogP contribution in [-0.2, 0) is 6.61 Å². The summed E-state index contributed by atoms with van der Waals surface area (Å²) in [6.45, 7) is 0.452. The Morgan fingerprint density at radius 3 is 2.41 bits per heavy atom. The Morgan fingerprint density at radius 1 is 1.06 bits per heavy atom. The highest BCUT2D eigenvalue weighted by atomic mass is 79.9. The van der Waals surface area contributed by atoms with E-state index in [1.165, 1.54) is 0 Å². The van der Waals surface area contributed by atoms with Crippen LogP contribution in [0.5, 0.6) is 5.75 Å². The quantitative estimate of drug-likeness (QED) is 0.596. The Hall–Kier alpha value is 0.0700. The number of hydrogen-bond acceptors (Lipinski definition) is 2. The van der Waals surface area contributed by atoms with Crippen LogP contribution in [0.4, 0.5) is 0 Å². The van der Waals surface area contributed by atoms with Crippen LogP contribution in [0.2, 0.25) is 15.1 Å². The van der Waals surface area contributed by atoms with Crippen LogP contribution in [0.1, 0.15) is 4.88 Å². The molecular formula is C11H6BrCl3OS. The largest absolute Gasteiger partial charge is 0.486 e. The monoisotopic (exact) mass is 370 g/mol. The maximum atomic E-state index is 6.00. The Balaban J connectivity index is 2.11. The van der Waals surface area contributed by atoms with Crippen molar-refractivity contribution in [3.05, 3.63) is 48.0 Å². The van der Waals surface area contributed by atoms with Crippen molar-refractivity contribution in [3.8, 4) is 5.75 Å². The minimum atomic E-state index is 0.419. The van der Waals surface area contributed by atoms with Gasteiger partial charge in [-0.3, -0.25) is 0 Å². The molecule has 0 radical (unpaired) electrons. The van der Waals surface area contributed by atoms with Crippen molar-refractivity contribution in [2.24, 2.45) is 0 Å². The first-order valence-corrected chi connectivity index (χ1v) is 7.32. The molecule has 1 aromatic heterocycles. The maximum absolute atomic E-state index is 6.00. The van der Waals surface area contributed by atoms with Gasteiger partial charge in [0, 0.05) is 10.9 Å². The molecule has 0 saturated heterocycles. The molecule has 17 heavy (non-hydrogen) atoms. The average Bonchev–Trinajstić information content (AvgIpc) is 2.68. The van der Waals surface area contributed by atoms with Crippen LogP contribution in [0.3, 0.4) is 0 Å². The SMILES string of the molecule is Clc1cc(Cl)c(OCc2ccc(Br)s2)cc1Cl. The van der Waals surface area contributed by atoms with E-state index in [9.17, 15) is 0 Å². The molecule has 0 N–H and O–H groups in total. The van der Waals surface area contributed by atoms with E-state index >= 15 is 0 Å². The number of rotatable bonds is 3. The van der Waals surface area contributed by atoms with Gasteiger partial charge in [-0.1, -0.05) is 34.8 Å². The topological polar surface area (TPSA) is 9.23 Å². The van der Waals surface area contributed by atoms with Crippen molar-refractivity contribution in [1.29, 1.82) is 0 Å². The van der Waals surface area contributed by atoms with Gasteiger partial charge in [-0.15, -0.1) is 11.3 Å². The first-order chi connectivity index (χ1) is 8.06. The van der Waals surface area contributed by atoms with Gasteiger partial charge in [-0.25, -0.2) is 0 Å². The molecule has 0 aliphatic carbocycles. The summed E-state index contributed by atoms with van der Waals surface area (Å²) >= 11 is 22.7. The van der Waals surface area contributed by atoms with E-state index in [4.69, 9.17) is 39.5 Å². The highest BCUT2D eigenvalue weighted by molar-refractivity contribution is 9.11. The summed E-state index contributed by atoms with van der Waals surface area (Å²) in [5.74, 6) is 0.533. The van der Waals surface area contributed by atoms with E-state index in [0.29, 0.717) is 27.4 Å². The lowest BCUT2D eigenvalue weighted by atomic mass is 10.3. The van der Waals surface area contributed by atoms with Gasteiger partial charge in [0.25, 0.3) is 0 Å². The molecule has 0 spiro atoms. The van der Waals surface area contributed by atoms with E-state index < -0.39 is 0 Å². The molecule has 2 rings (SSSR count). The molecule has 0 unspecified atom stereocenters. The van der Waals surface area contributed by atoms with Crippen LogP contribution in [0.15, 0.2) is 28.1 Å². The molecule has 2 aromatic rings. The van der Waals surface area contributed by atoms with Crippen LogP contribution in [0, 0.1) is 0 Å². The zero-order valence-electron chi connectivity index (χ0n) is 8.34. The van der Waals surface area contributed by atoms with E-state index in [-0.39, 0.29) is 0 Å². The second kappa shape index (κ2) is 5.81. The van der Waals surface area contributed by atoms with Gasteiger partial charge in [0.1, 0.15) is 12.4 Å². The van der Waals surface area contributed by atoms with Gasteiger partial charge in [-0.05, 0) is 34.1 Å². The average molecular weight is 372 g/mol. The van der Waals surface area contributed by atoms with Crippen molar-refractivity contribution in [3.63, 3.8) is 0 Å². The molecule has 1 heterocycles. The first-order valence-electron chi connectivity index (χ1n) is 4.58. The zero-order valence-corrected chi connectivity index (χ0v) is 13.0. The summed E-state index contributed by atoms with van der Waals surface area (Å²) < 4.78 is 6.65. The normalized spacial score (nSPS) is 10.6. The van der Waals surface area contributed by atoms with E-state index in [2.05, 4.69) is 15.9 Å². The third-order valence-corrected chi connectivity index (χ3v) is 4.59. The fraction of sp³-hybridized carbons (Fsp3) is 0.0909. The molecule has 0 aliphatic rings. The van der Waals surface area contributed by atoms with E-state index in [1.54, 1.807) is 23.5 Å². The molecule has 0 aliphatic heterocycles. The van der Waals surface area contributed by atoms with Gasteiger partial charge < -0.3 is 4.74 Å². The van der Waals surface area contributed by atoms with Crippen molar-refractivity contribution in [1.82, 2.24) is 0 Å². The number of hydrogen-bond donors (Lipinski definition) is 0. The van der Waals surface area contributed by atoms with Crippen LogP contribution in [-0.4, -0.2) is 0 Å². The maximum Gasteiger partial charge on any atom is 0.140 e. The minimum absolute atomic E-state index is 0.419. The Labute approximate surface area is 126 Å². The molecule has 1 nitrogen and oxygen atoms in total. The fourth-order valence-electron chi connectivity index (χ4n) is 1.19. The molecule has 6 heteroatoms. The van der Waals surface area contributed by atoms with Gasteiger partial charge in [0.15, 0.2) is 0 Å². The third-order valence-electron chi connectivity index (χ3n) is 1.97. The van der Waals surface area contributed by atoms with Crippen molar-refractivity contribution >= 4 is 62.1 Å². The summed E-state index contributed by atoms with van der Waals surface area (Å²) in [5.41, 5.74) is 0. The van der Waals surface area contributed by atoms with Gasteiger partial charge in [0.2, 0.25) is 0 Å². The van der Waals surface area contributed by atoms with Gasteiger partial charge in [-0.2, -0.15) is 0 Å². The fourth-order valence-corrected chi connectivity index (χ4v) is 3.18. The second-order valence-corrected chi connectivity index (χ2v) is 6.96. The van der Waals surface area contributed by atoms with E-state index in [1.807, 2.05) is 12.1 Å². The molecule has 0 saturated carbocycles. The molecule has 0 atom stereocenters. The van der Waals surface area contributed by atoms with Gasteiger partial charge >= 0.3 is 0 Å². The number of thiophene rings is 1. The first kappa shape index (κ1) is 13.5. The third kappa shape index (κ3) is 3.52. The Bertz CT molecular complexity index is 542. The van der Waals surface area contributed by atoms with E-state index in [0.717, 1.165) is 8.66 Å². The lowest BCUT2D eigenvalue weighted by Crippen LogP contribution is -1.93. The van der Waals surface area contributed by atoms with Crippen molar-refractivity contribution in [2.45, 2.75) is 6.61 Å². The molecule has 0 fully saturated rings. The second-order valence-electron chi connectivity index (χ2n) is 3.19. The predicted molar refractivity (Wildman–Crippen MR) is 77.8 cm³/mol. The highest BCUT2D eigenvalue weighted by Crippen LogP contribution is 2.34. The smallest absolute Gasteiger partial charge is 0.140 e. The van der Waals surface area contributed by atoms with Crippen molar-refractivity contribution in [2.75, 3.05) is 0 Å². The summed E-state index contributed by atoms with van der Waals surface area (Å²) in [5, 5.41) is 1.30. The zero-order chi connectivity index (χ0) is 12.4. The molecular weight excluding hydrogens is 366 g/mol. The molecule has 0 bridgehead atoms. The van der Waals surface area contributed by atoms with Gasteiger partial charge in [0.05, 0.1) is 18.9 Å². The number of ether oxygens (including phenoxy) is 1. The summed E-state index contributed by atoms with van der Waals surface area (Å²) in [4.78, 5) is 1.10. The van der Waals surface area contributed by atoms with Crippen LogP contribution in [0.25, 0.3) is 0 Å². The standard InChI is InChI=1S/C11H6BrCl3OS/c12-11-2-1-6(17-11)5-16-10-4-8(14)7(13)3-9(10)15/h1-4H,5H2. The summed E-state index contributed by atoms with van der Waals surface area (Å²) in [6.07, 6.45) is 0. The lowest BCUT2D eigenvalue weighted by molar-refractivity contribution is 0.310. The van der Waals surface area contributed by atoms with Crippen molar-refractivity contribution < 1.29 is 4.74 Å².